The van der Waals surface area contributed by atoms with Gasteiger partial charge in [-0.2, -0.15) is 0 Å². The number of guanidine groups is 1. The molecule has 1 aliphatic heterocycles. The van der Waals surface area contributed by atoms with Gasteiger partial charge in [-0.25, -0.2) is 0 Å². The molecule has 1 heterocycles. The predicted octanol–water partition coefficient (Wildman–Crippen LogP) is 1.87. The molecule has 0 amide bonds. The molecule has 0 aromatic heterocycles. The highest BCUT2D eigenvalue weighted by Gasteiger charge is 2.42. The molecule has 3 rings (SSSR count). The summed E-state index contributed by atoms with van der Waals surface area (Å²) in [6.07, 6.45) is 8.92. The Balaban J connectivity index is 1.69. The van der Waals surface area contributed by atoms with E-state index in [9.17, 15) is 0 Å². The van der Waals surface area contributed by atoms with Crippen LogP contribution >= 0.6 is 0 Å². The van der Waals surface area contributed by atoms with Gasteiger partial charge in [0, 0.05) is 24.7 Å². The smallest absolute Gasteiger partial charge is 0.188 e. The highest BCUT2D eigenvalue weighted by molar-refractivity contribution is 5.78. The minimum absolute atomic E-state index is 0.0514. The quantitative estimate of drug-likeness (QED) is 0.615. The molecule has 3 N–H and O–H groups in total. The second-order valence-electron chi connectivity index (χ2n) is 7.93. The molecule has 5 nitrogen and oxygen atoms in total. The average Bonchev–Trinajstić information content (AvgIpc) is 3.29. The predicted molar refractivity (Wildman–Crippen MR) is 90.1 cm³/mol. The summed E-state index contributed by atoms with van der Waals surface area (Å²) in [6, 6.07) is 0.577. The minimum atomic E-state index is -0.0514. The van der Waals surface area contributed by atoms with Crippen molar-refractivity contribution in [2.75, 3.05) is 26.2 Å². The molecule has 0 radical (unpaired) electrons. The molecule has 2 aliphatic carbocycles. The number of nitrogens with zero attached hydrogens (tertiary/aromatic N) is 2. The number of hydrogen-bond acceptors (Lipinski definition) is 3. The van der Waals surface area contributed by atoms with E-state index in [-0.39, 0.29) is 11.1 Å². The largest absolute Gasteiger partial charge is 0.373 e. The van der Waals surface area contributed by atoms with E-state index in [2.05, 4.69) is 24.1 Å². The lowest BCUT2D eigenvalue weighted by Crippen LogP contribution is -2.60. The second-order valence-corrected chi connectivity index (χ2v) is 7.93. The molecule has 3 aliphatic rings. The normalized spacial score (nSPS) is 29.3. The number of rotatable bonds is 4. The van der Waals surface area contributed by atoms with E-state index in [1.165, 1.54) is 44.9 Å². The van der Waals surface area contributed by atoms with Gasteiger partial charge in [-0.15, -0.1) is 0 Å². The maximum atomic E-state index is 6.07. The fourth-order valence-corrected chi connectivity index (χ4v) is 3.92. The maximum Gasteiger partial charge on any atom is 0.188 e. The summed E-state index contributed by atoms with van der Waals surface area (Å²) in [5, 5.41) is 3.31. The standard InChI is InChI=1S/C17H32N4O/c1-16(2)13-21(10-11-22-16)17(8-4-3-5-9-17)12-19-15(18)20-14-6-7-14/h14H,3-13H2,1-2H3,(H3,18,19,20). The number of hydrogen-bond donors (Lipinski definition) is 2. The zero-order valence-electron chi connectivity index (χ0n) is 14.2. The van der Waals surface area contributed by atoms with Crippen LogP contribution in [0.15, 0.2) is 4.99 Å². The maximum absolute atomic E-state index is 6.07. The van der Waals surface area contributed by atoms with Crippen LogP contribution in [0.5, 0.6) is 0 Å². The van der Waals surface area contributed by atoms with Gasteiger partial charge in [0.25, 0.3) is 0 Å². The molecule has 0 unspecified atom stereocenters. The topological polar surface area (TPSA) is 62.9 Å². The highest BCUT2D eigenvalue weighted by atomic mass is 16.5. The average molecular weight is 308 g/mol. The van der Waals surface area contributed by atoms with Crippen molar-refractivity contribution in [3.8, 4) is 0 Å². The van der Waals surface area contributed by atoms with Crippen LogP contribution in [-0.2, 0) is 4.74 Å². The third-order valence-corrected chi connectivity index (χ3v) is 5.35. The van der Waals surface area contributed by atoms with Crippen LogP contribution in [-0.4, -0.2) is 54.3 Å². The van der Waals surface area contributed by atoms with Crippen molar-refractivity contribution in [2.45, 2.75) is 76.0 Å². The van der Waals surface area contributed by atoms with Crippen LogP contribution in [0.25, 0.3) is 0 Å². The molecule has 3 fully saturated rings. The Morgan fingerprint density at radius 3 is 2.64 bits per heavy atom. The molecule has 22 heavy (non-hydrogen) atoms. The van der Waals surface area contributed by atoms with Gasteiger partial charge < -0.3 is 15.8 Å². The van der Waals surface area contributed by atoms with Crippen LogP contribution in [0.3, 0.4) is 0 Å². The zero-order chi connectivity index (χ0) is 15.6. The first-order chi connectivity index (χ1) is 10.5. The molecule has 0 bridgehead atoms. The third-order valence-electron chi connectivity index (χ3n) is 5.35. The lowest BCUT2D eigenvalue weighted by molar-refractivity contribution is -0.121. The molecule has 1 saturated heterocycles. The Bertz CT molecular complexity index is 411. The van der Waals surface area contributed by atoms with Crippen molar-refractivity contribution in [1.29, 1.82) is 0 Å². The Morgan fingerprint density at radius 1 is 1.27 bits per heavy atom. The molecule has 2 saturated carbocycles. The molecule has 0 aromatic carbocycles. The van der Waals surface area contributed by atoms with E-state index >= 15 is 0 Å². The van der Waals surface area contributed by atoms with Crippen molar-refractivity contribution in [1.82, 2.24) is 10.2 Å². The van der Waals surface area contributed by atoms with E-state index < -0.39 is 0 Å². The summed E-state index contributed by atoms with van der Waals surface area (Å²) < 4.78 is 5.90. The van der Waals surface area contributed by atoms with Crippen molar-refractivity contribution in [3.05, 3.63) is 0 Å². The third kappa shape index (κ3) is 3.93. The van der Waals surface area contributed by atoms with E-state index in [0.717, 1.165) is 26.2 Å². The van der Waals surface area contributed by atoms with Crippen LogP contribution in [0.2, 0.25) is 0 Å². The number of ether oxygens (including phenoxy) is 1. The molecule has 126 valence electrons. The molecular formula is C17H32N4O. The zero-order valence-corrected chi connectivity index (χ0v) is 14.2. The van der Waals surface area contributed by atoms with Crippen LogP contribution in [0.4, 0.5) is 0 Å². The molecule has 0 atom stereocenters. The second kappa shape index (κ2) is 6.36. The van der Waals surface area contributed by atoms with Crippen molar-refractivity contribution in [2.24, 2.45) is 10.7 Å². The number of aliphatic imine (C=N–C) groups is 1. The first kappa shape index (κ1) is 16.1. The van der Waals surface area contributed by atoms with Gasteiger partial charge in [-0.3, -0.25) is 9.89 Å². The van der Waals surface area contributed by atoms with Gasteiger partial charge >= 0.3 is 0 Å². The van der Waals surface area contributed by atoms with Crippen molar-refractivity contribution < 1.29 is 4.74 Å². The van der Waals surface area contributed by atoms with Gasteiger partial charge in [0.05, 0.1) is 18.8 Å². The van der Waals surface area contributed by atoms with E-state index in [1.807, 2.05) is 0 Å². The van der Waals surface area contributed by atoms with Gasteiger partial charge in [-0.05, 0) is 39.5 Å². The Hall–Kier alpha value is -0.810. The van der Waals surface area contributed by atoms with Crippen LogP contribution < -0.4 is 11.1 Å². The molecule has 0 aromatic rings. The summed E-state index contributed by atoms with van der Waals surface area (Å²) >= 11 is 0. The fraction of sp³-hybridized carbons (Fsp3) is 0.941. The highest BCUT2D eigenvalue weighted by Crippen LogP contribution is 2.36. The monoisotopic (exact) mass is 308 g/mol. The Labute approximate surface area is 134 Å². The molecule has 5 heteroatoms. The van der Waals surface area contributed by atoms with Crippen LogP contribution in [0.1, 0.15) is 58.8 Å². The summed E-state index contributed by atoms with van der Waals surface area (Å²) in [4.78, 5) is 7.37. The lowest BCUT2D eigenvalue weighted by Gasteiger charge is -2.51. The van der Waals surface area contributed by atoms with E-state index in [0.29, 0.717) is 12.0 Å². The first-order valence-corrected chi connectivity index (χ1v) is 8.95. The van der Waals surface area contributed by atoms with Crippen molar-refractivity contribution in [3.63, 3.8) is 0 Å². The summed E-state index contributed by atoms with van der Waals surface area (Å²) in [6.45, 7) is 8.07. The Kier molecular flexibility index (Phi) is 4.64. The van der Waals surface area contributed by atoms with Gasteiger partial charge in [0.1, 0.15) is 0 Å². The lowest BCUT2D eigenvalue weighted by atomic mass is 9.79. The summed E-state index contributed by atoms with van der Waals surface area (Å²) in [7, 11) is 0. The van der Waals surface area contributed by atoms with E-state index in [1.54, 1.807) is 0 Å². The number of nitrogens with two attached hydrogens (primary N) is 1. The Morgan fingerprint density at radius 2 is 2.00 bits per heavy atom. The SMILES string of the molecule is CC1(C)CN(C2(CN=C(N)NC3CC3)CCCCC2)CCO1. The number of morpholine rings is 1. The van der Waals surface area contributed by atoms with Gasteiger partial charge in [0.15, 0.2) is 5.96 Å². The van der Waals surface area contributed by atoms with Gasteiger partial charge in [0.2, 0.25) is 0 Å². The van der Waals surface area contributed by atoms with Crippen LogP contribution in [0, 0.1) is 0 Å². The first-order valence-electron chi connectivity index (χ1n) is 8.95. The van der Waals surface area contributed by atoms with E-state index in [4.69, 9.17) is 15.5 Å². The molecule has 0 spiro atoms. The minimum Gasteiger partial charge on any atom is -0.373 e. The number of nitrogens with one attached hydrogen (secondary N) is 1. The summed E-state index contributed by atoms with van der Waals surface area (Å²) in [5.41, 5.74) is 6.21. The fourth-order valence-electron chi connectivity index (χ4n) is 3.92. The summed E-state index contributed by atoms with van der Waals surface area (Å²) in [5.74, 6) is 0.639. The van der Waals surface area contributed by atoms with Gasteiger partial charge in [-0.1, -0.05) is 19.3 Å². The van der Waals surface area contributed by atoms with Crippen molar-refractivity contribution >= 4 is 5.96 Å². The molecular weight excluding hydrogens is 276 g/mol.